The second kappa shape index (κ2) is 6.73. The van der Waals surface area contributed by atoms with Crippen LogP contribution in [0.5, 0.6) is 0 Å². The van der Waals surface area contributed by atoms with E-state index in [1.54, 1.807) is 6.92 Å². The van der Waals surface area contributed by atoms with Crippen molar-refractivity contribution in [3.05, 3.63) is 0 Å². The van der Waals surface area contributed by atoms with Gasteiger partial charge in [0.05, 0.1) is 6.04 Å². The molecule has 5 heteroatoms. The highest BCUT2D eigenvalue weighted by Crippen LogP contribution is 2.31. The Morgan fingerprint density at radius 2 is 1.94 bits per heavy atom. The van der Waals surface area contributed by atoms with E-state index >= 15 is 0 Å². The number of imide groups is 1. The van der Waals surface area contributed by atoms with Crippen LogP contribution in [0.25, 0.3) is 0 Å². The maximum atomic E-state index is 11.8. The van der Waals surface area contributed by atoms with E-state index in [4.69, 9.17) is 0 Å². The van der Waals surface area contributed by atoms with E-state index in [1.165, 1.54) is 6.42 Å². The monoisotopic (exact) mass is 255 g/mol. The number of carbonyl (C=O) groups excluding carboxylic acids is 2. The molecule has 0 aromatic heterocycles. The summed E-state index contributed by atoms with van der Waals surface area (Å²) in [5.41, 5.74) is 0. The number of hydrogen-bond acceptors (Lipinski definition) is 3. The van der Waals surface area contributed by atoms with Gasteiger partial charge >= 0.3 is 6.03 Å². The first-order valence-corrected chi connectivity index (χ1v) is 6.80. The zero-order chi connectivity index (χ0) is 13.7. The van der Waals surface area contributed by atoms with Gasteiger partial charge in [-0.25, -0.2) is 4.79 Å². The molecule has 0 aromatic carbocycles. The molecule has 0 bridgehead atoms. The fourth-order valence-corrected chi connectivity index (χ4v) is 2.42. The fourth-order valence-electron chi connectivity index (χ4n) is 2.42. The lowest BCUT2D eigenvalue weighted by atomic mass is 9.97. The van der Waals surface area contributed by atoms with Crippen LogP contribution in [0.3, 0.4) is 0 Å². The van der Waals surface area contributed by atoms with Gasteiger partial charge < -0.3 is 10.6 Å². The van der Waals surface area contributed by atoms with Gasteiger partial charge in [0.2, 0.25) is 5.91 Å². The topological polar surface area (TPSA) is 70.2 Å². The van der Waals surface area contributed by atoms with E-state index in [-0.39, 0.29) is 11.9 Å². The Hall–Kier alpha value is -1.10. The van der Waals surface area contributed by atoms with Gasteiger partial charge in [-0.3, -0.25) is 10.1 Å². The maximum absolute atomic E-state index is 11.8. The molecular formula is C13H25N3O2. The first-order chi connectivity index (χ1) is 8.45. The smallest absolute Gasteiger partial charge is 0.321 e. The lowest BCUT2D eigenvalue weighted by Gasteiger charge is -2.23. The summed E-state index contributed by atoms with van der Waals surface area (Å²) in [4.78, 5) is 23.0. The van der Waals surface area contributed by atoms with Crippen LogP contribution in [0.1, 0.15) is 40.5 Å². The number of urea groups is 1. The van der Waals surface area contributed by atoms with Crippen molar-refractivity contribution >= 4 is 11.9 Å². The lowest BCUT2D eigenvalue weighted by molar-refractivity contribution is -0.121. The van der Waals surface area contributed by atoms with Gasteiger partial charge in [-0.2, -0.15) is 0 Å². The van der Waals surface area contributed by atoms with Gasteiger partial charge in [-0.15, -0.1) is 0 Å². The molecule has 1 aliphatic carbocycles. The molecule has 0 saturated heterocycles. The van der Waals surface area contributed by atoms with Gasteiger partial charge in [0, 0.05) is 12.6 Å². The number of amides is 3. The van der Waals surface area contributed by atoms with Crippen molar-refractivity contribution in [1.82, 2.24) is 16.0 Å². The standard InChI is InChI=1S/C13H25N3O2/c1-5-14-13(18)16-12(17)10(4)15-11-7-6-8(2)9(11)3/h8-11,15H,5-7H2,1-4H3,(H2,14,16,17,18). The summed E-state index contributed by atoms with van der Waals surface area (Å²) in [5, 5.41) is 8.19. The second-order valence-electron chi connectivity index (χ2n) is 5.26. The summed E-state index contributed by atoms with van der Waals surface area (Å²) in [6, 6.07) is -0.399. The fraction of sp³-hybridized carbons (Fsp3) is 0.846. The summed E-state index contributed by atoms with van der Waals surface area (Å²) >= 11 is 0. The maximum Gasteiger partial charge on any atom is 0.321 e. The first kappa shape index (κ1) is 15.0. The molecule has 0 aliphatic heterocycles. The van der Waals surface area contributed by atoms with Gasteiger partial charge in [0.25, 0.3) is 0 Å². The molecule has 3 amide bonds. The average molecular weight is 255 g/mol. The Kier molecular flexibility index (Phi) is 5.59. The van der Waals surface area contributed by atoms with Crippen molar-refractivity contribution in [2.45, 2.75) is 52.6 Å². The van der Waals surface area contributed by atoms with Crippen LogP contribution >= 0.6 is 0 Å². The van der Waals surface area contributed by atoms with Crippen LogP contribution in [-0.4, -0.2) is 30.6 Å². The van der Waals surface area contributed by atoms with Crippen LogP contribution in [0, 0.1) is 11.8 Å². The molecule has 3 N–H and O–H groups in total. The Bertz CT molecular complexity index is 307. The van der Waals surface area contributed by atoms with Crippen LogP contribution in [-0.2, 0) is 4.79 Å². The van der Waals surface area contributed by atoms with E-state index in [0.29, 0.717) is 24.4 Å². The van der Waals surface area contributed by atoms with Crippen molar-refractivity contribution in [3.8, 4) is 0 Å². The summed E-state index contributed by atoms with van der Waals surface area (Å²) in [6.07, 6.45) is 2.30. The Labute approximate surface area is 109 Å². The minimum atomic E-state index is -0.427. The molecule has 1 saturated carbocycles. The third-order valence-electron chi connectivity index (χ3n) is 3.90. The second-order valence-corrected chi connectivity index (χ2v) is 5.26. The highest BCUT2D eigenvalue weighted by Gasteiger charge is 2.31. The number of carbonyl (C=O) groups is 2. The van der Waals surface area contributed by atoms with Crippen molar-refractivity contribution < 1.29 is 9.59 Å². The van der Waals surface area contributed by atoms with Gasteiger partial charge in [0.1, 0.15) is 0 Å². The van der Waals surface area contributed by atoms with Crippen molar-refractivity contribution in [2.75, 3.05) is 6.54 Å². The third-order valence-corrected chi connectivity index (χ3v) is 3.90. The molecular weight excluding hydrogens is 230 g/mol. The molecule has 0 heterocycles. The summed E-state index contributed by atoms with van der Waals surface area (Å²) in [7, 11) is 0. The minimum absolute atomic E-state index is 0.271. The molecule has 0 spiro atoms. The van der Waals surface area contributed by atoms with Crippen molar-refractivity contribution in [3.63, 3.8) is 0 Å². The van der Waals surface area contributed by atoms with Gasteiger partial charge in [-0.1, -0.05) is 13.8 Å². The zero-order valence-electron chi connectivity index (χ0n) is 11.7. The predicted octanol–water partition coefficient (Wildman–Crippen LogP) is 1.24. The number of rotatable bonds is 4. The molecule has 5 nitrogen and oxygen atoms in total. The lowest BCUT2D eigenvalue weighted by Crippen LogP contribution is -2.51. The quantitative estimate of drug-likeness (QED) is 0.708. The predicted molar refractivity (Wildman–Crippen MR) is 71.2 cm³/mol. The molecule has 4 atom stereocenters. The Morgan fingerprint density at radius 3 is 2.44 bits per heavy atom. The molecule has 4 unspecified atom stereocenters. The highest BCUT2D eigenvalue weighted by atomic mass is 16.2. The largest absolute Gasteiger partial charge is 0.338 e. The average Bonchev–Trinajstić information content (AvgIpc) is 2.61. The van der Waals surface area contributed by atoms with E-state index < -0.39 is 6.03 Å². The molecule has 1 aliphatic rings. The molecule has 1 rings (SSSR count). The van der Waals surface area contributed by atoms with Crippen LogP contribution in [0.4, 0.5) is 4.79 Å². The third kappa shape index (κ3) is 3.98. The summed E-state index contributed by atoms with van der Waals surface area (Å²) in [5.74, 6) is 0.999. The SMILES string of the molecule is CCNC(=O)NC(=O)C(C)NC1CCC(C)C1C. The van der Waals surface area contributed by atoms with Crippen molar-refractivity contribution in [1.29, 1.82) is 0 Å². The molecule has 1 fully saturated rings. The molecule has 0 aromatic rings. The van der Waals surface area contributed by atoms with Gasteiger partial charge in [0.15, 0.2) is 0 Å². The van der Waals surface area contributed by atoms with E-state index in [9.17, 15) is 9.59 Å². The summed E-state index contributed by atoms with van der Waals surface area (Å²) in [6.45, 7) is 8.57. The molecule has 0 radical (unpaired) electrons. The number of hydrogen-bond donors (Lipinski definition) is 3. The van der Waals surface area contributed by atoms with E-state index in [1.807, 2.05) is 6.92 Å². The van der Waals surface area contributed by atoms with Crippen LogP contribution < -0.4 is 16.0 Å². The molecule has 18 heavy (non-hydrogen) atoms. The van der Waals surface area contributed by atoms with Crippen LogP contribution in [0.2, 0.25) is 0 Å². The number of nitrogens with one attached hydrogen (secondary N) is 3. The molecule has 104 valence electrons. The highest BCUT2D eigenvalue weighted by molar-refractivity contribution is 5.96. The Balaban J connectivity index is 2.38. The Morgan fingerprint density at radius 1 is 1.28 bits per heavy atom. The summed E-state index contributed by atoms with van der Waals surface area (Å²) < 4.78 is 0. The van der Waals surface area contributed by atoms with Crippen LogP contribution in [0.15, 0.2) is 0 Å². The van der Waals surface area contributed by atoms with E-state index in [2.05, 4.69) is 29.8 Å². The van der Waals surface area contributed by atoms with E-state index in [0.717, 1.165) is 6.42 Å². The van der Waals surface area contributed by atoms with Gasteiger partial charge in [-0.05, 0) is 38.5 Å². The van der Waals surface area contributed by atoms with Crippen molar-refractivity contribution in [2.24, 2.45) is 11.8 Å². The first-order valence-electron chi connectivity index (χ1n) is 6.80. The normalized spacial score (nSPS) is 28.8. The zero-order valence-corrected chi connectivity index (χ0v) is 11.7. The minimum Gasteiger partial charge on any atom is -0.338 e.